The van der Waals surface area contributed by atoms with Crippen LogP contribution < -0.4 is 10.9 Å². The molecule has 2 aromatic carbocycles. The first-order chi connectivity index (χ1) is 25.1. The summed E-state index contributed by atoms with van der Waals surface area (Å²) in [7, 11) is 0.745. The standard InChI is InChI=1S/C37H34F3N5O8/c1-4-35(50)15-28(46)53-18-24-25(35)14-27-31-23(17-45(27)32(24)47)22(21-8-6-7-9-26(21)42-31)16-41-20-12-10-19(11-13-20)30-29(33(48)52-5-2)36(51,37(38,39)40)44(3)34(49)43-30/h6-14,16,29-30,50-51H,4-5,15,17-18H2,1-3H3,(H,43,49). The number of rotatable bonds is 6. The van der Waals surface area contributed by atoms with Crippen molar-refractivity contribution in [3.8, 4) is 11.4 Å². The molecular weight excluding hydrogens is 699 g/mol. The predicted octanol–water partition coefficient (Wildman–Crippen LogP) is 4.35. The van der Waals surface area contributed by atoms with E-state index in [1.165, 1.54) is 35.8 Å². The Kier molecular flexibility index (Phi) is 8.64. The molecule has 4 unspecified atom stereocenters. The van der Waals surface area contributed by atoms with Gasteiger partial charge in [-0.05, 0) is 48.7 Å². The van der Waals surface area contributed by atoms with Gasteiger partial charge in [-0.15, -0.1) is 0 Å². The van der Waals surface area contributed by atoms with E-state index in [1.807, 2.05) is 18.2 Å². The lowest BCUT2D eigenvalue weighted by atomic mass is 9.81. The van der Waals surface area contributed by atoms with Crippen molar-refractivity contribution in [2.45, 2.75) is 63.4 Å². The summed E-state index contributed by atoms with van der Waals surface area (Å²) < 4.78 is 54.7. The Labute approximate surface area is 299 Å². The summed E-state index contributed by atoms with van der Waals surface area (Å²) in [4.78, 5) is 61.4. The van der Waals surface area contributed by atoms with Gasteiger partial charge in [-0.2, -0.15) is 13.2 Å². The molecule has 7 rings (SSSR count). The number of carbonyl (C=O) groups is 3. The summed E-state index contributed by atoms with van der Waals surface area (Å²) in [5.41, 5.74) is -2.04. The maximum absolute atomic E-state index is 14.3. The summed E-state index contributed by atoms with van der Waals surface area (Å²) in [6, 6.07) is 11.9. The minimum absolute atomic E-state index is 0.0446. The van der Waals surface area contributed by atoms with Crippen molar-refractivity contribution in [1.82, 2.24) is 19.8 Å². The number of esters is 2. The molecule has 5 heterocycles. The minimum atomic E-state index is -5.40. The van der Waals surface area contributed by atoms with Crippen molar-refractivity contribution in [3.05, 3.63) is 92.8 Å². The SMILES string of the molecule is CCOC(=O)C1C(c2ccc(N=Cc3c4c(nc5ccccc35)-c3cc5c(c(=O)n3C4)COC(=O)CC5(O)CC)cc2)NC(=O)N(C)C1(O)C(F)(F)F. The number of nitrogens with one attached hydrogen (secondary N) is 1. The van der Waals surface area contributed by atoms with Gasteiger partial charge in [-0.3, -0.25) is 24.3 Å². The zero-order chi connectivity index (χ0) is 38.0. The number of aromatic nitrogens is 2. The number of pyridine rings is 2. The van der Waals surface area contributed by atoms with Crippen molar-refractivity contribution >= 4 is 40.8 Å². The molecule has 4 aromatic rings. The number of aliphatic hydroxyl groups is 2. The number of hydrogen-bond donors (Lipinski definition) is 3. The molecule has 0 radical (unpaired) electrons. The Hall–Kier alpha value is -5.61. The third-order valence-corrected chi connectivity index (χ3v) is 10.3. The molecular formula is C37H34F3N5O8. The van der Waals surface area contributed by atoms with E-state index < -0.39 is 53.0 Å². The Morgan fingerprint density at radius 3 is 2.51 bits per heavy atom. The number of nitrogens with zero attached hydrogens (tertiary/aromatic N) is 4. The van der Waals surface area contributed by atoms with Gasteiger partial charge in [-0.1, -0.05) is 37.3 Å². The van der Waals surface area contributed by atoms with Crippen molar-refractivity contribution < 1.29 is 47.2 Å². The summed E-state index contributed by atoms with van der Waals surface area (Å²) in [6.45, 7) is 2.71. The molecule has 2 amide bonds. The zero-order valence-electron chi connectivity index (χ0n) is 28.7. The van der Waals surface area contributed by atoms with E-state index in [4.69, 9.17) is 14.5 Å². The van der Waals surface area contributed by atoms with Crippen LogP contribution in [-0.4, -0.2) is 74.4 Å². The molecule has 276 valence electrons. The minimum Gasteiger partial charge on any atom is -0.466 e. The number of hydrogen-bond acceptors (Lipinski definition) is 10. The van der Waals surface area contributed by atoms with Crippen LogP contribution >= 0.6 is 0 Å². The molecule has 13 nitrogen and oxygen atoms in total. The van der Waals surface area contributed by atoms with E-state index in [-0.39, 0.29) is 48.6 Å². The highest BCUT2D eigenvalue weighted by Crippen LogP contribution is 2.47. The topological polar surface area (TPSA) is 173 Å². The van der Waals surface area contributed by atoms with Crippen LogP contribution in [0.4, 0.5) is 23.7 Å². The first kappa shape index (κ1) is 35.8. The number of para-hydroxylation sites is 1. The average Bonchev–Trinajstić information content (AvgIpc) is 3.43. The lowest BCUT2D eigenvalue weighted by Gasteiger charge is -2.49. The smallest absolute Gasteiger partial charge is 0.437 e. The van der Waals surface area contributed by atoms with Gasteiger partial charge in [0.1, 0.15) is 18.1 Å². The van der Waals surface area contributed by atoms with Crippen molar-refractivity contribution in [2.24, 2.45) is 10.9 Å². The third-order valence-electron chi connectivity index (χ3n) is 10.3. The second-order valence-electron chi connectivity index (χ2n) is 13.2. The van der Waals surface area contributed by atoms with E-state index in [0.717, 1.165) is 12.4 Å². The van der Waals surface area contributed by atoms with E-state index in [0.29, 0.717) is 39.3 Å². The van der Waals surface area contributed by atoms with Crippen molar-refractivity contribution in [3.63, 3.8) is 0 Å². The largest absolute Gasteiger partial charge is 0.466 e. The molecule has 16 heteroatoms. The van der Waals surface area contributed by atoms with Crippen LogP contribution in [-0.2, 0) is 37.8 Å². The van der Waals surface area contributed by atoms with Gasteiger partial charge in [-0.25, -0.2) is 9.78 Å². The Bertz CT molecular complexity index is 2270. The Morgan fingerprint density at radius 1 is 1.11 bits per heavy atom. The van der Waals surface area contributed by atoms with E-state index in [9.17, 15) is 42.6 Å². The number of aliphatic imine (C=N–C) groups is 1. The quantitative estimate of drug-likeness (QED) is 0.170. The number of alkyl halides is 3. The van der Waals surface area contributed by atoms with Crippen molar-refractivity contribution in [2.75, 3.05) is 13.7 Å². The highest BCUT2D eigenvalue weighted by Gasteiger charge is 2.69. The Morgan fingerprint density at radius 2 is 1.83 bits per heavy atom. The zero-order valence-corrected chi connectivity index (χ0v) is 28.7. The Balaban J connectivity index is 1.28. The van der Waals surface area contributed by atoms with Crippen LogP contribution in [0.1, 0.15) is 60.5 Å². The normalized spacial score (nSPS) is 24.0. The van der Waals surface area contributed by atoms with Gasteiger partial charge >= 0.3 is 24.1 Å². The molecule has 1 saturated heterocycles. The lowest BCUT2D eigenvalue weighted by Crippen LogP contribution is -2.73. The predicted molar refractivity (Wildman–Crippen MR) is 183 cm³/mol. The number of amides is 2. The van der Waals surface area contributed by atoms with Gasteiger partial charge < -0.3 is 29.6 Å². The number of carbonyl (C=O) groups excluding carboxylic acids is 3. The fourth-order valence-electron chi connectivity index (χ4n) is 7.40. The van der Waals surface area contributed by atoms with Crippen LogP contribution in [0, 0.1) is 5.92 Å². The first-order valence-corrected chi connectivity index (χ1v) is 16.8. The molecule has 0 saturated carbocycles. The van der Waals surface area contributed by atoms with Crippen LogP contribution in [0.25, 0.3) is 22.3 Å². The number of cyclic esters (lactones) is 1. The molecule has 0 spiro atoms. The van der Waals surface area contributed by atoms with Crippen LogP contribution in [0.2, 0.25) is 0 Å². The van der Waals surface area contributed by atoms with Gasteiger partial charge in [0.2, 0.25) is 0 Å². The van der Waals surface area contributed by atoms with Gasteiger partial charge in [0.05, 0.1) is 53.8 Å². The second-order valence-corrected chi connectivity index (χ2v) is 13.2. The number of urea groups is 1. The average molecular weight is 734 g/mol. The number of benzene rings is 2. The highest BCUT2D eigenvalue weighted by molar-refractivity contribution is 6.03. The number of halogens is 3. The maximum atomic E-state index is 14.3. The molecule has 1 fully saturated rings. The van der Waals surface area contributed by atoms with Crippen LogP contribution in [0.3, 0.4) is 0 Å². The molecule has 2 aromatic heterocycles. The van der Waals surface area contributed by atoms with Gasteiger partial charge in [0, 0.05) is 29.8 Å². The summed E-state index contributed by atoms with van der Waals surface area (Å²) in [5.74, 6) is -4.21. The van der Waals surface area contributed by atoms with E-state index in [1.54, 1.807) is 25.3 Å². The molecule has 3 N–H and O–H groups in total. The third kappa shape index (κ3) is 5.63. The van der Waals surface area contributed by atoms with Crippen LogP contribution in [0.15, 0.2) is 64.4 Å². The number of fused-ring (bicyclic) bond motifs is 5. The maximum Gasteiger partial charge on any atom is 0.437 e. The molecule has 3 aliphatic heterocycles. The molecule has 53 heavy (non-hydrogen) atoms. The summed E-state index contributed by atoms with van der Waals surface area (Å²) >= 11 is 0. The molecule has 4 atom stereocenters. The van der Waals surface area contributed by atoms with Crippen molar-refractivity contribution in [1.29, 1.82) is 0 Å². The second kappa shape index (κ2) is 12.8. The van der Waals surface area contributed by atoms with E-state index in [2.05, 4.69) is 10.3 Å². The molecule has 3 aliphatic rings. The van der Waals surface area contributed by atoms with Gasteiger partial charge in [0.25, 0.3) is 11.3 Å². The lowest BCUT2D eigenvalue weighted by molar-refractivity contribution is -0.328. The molecule has 0 aliphatic carbocycles. The first-order valence-electron chi connectivity index (χ1n) is 16.8. The summed E-state index contributed by atoms with van der Waals surface area (Å²) in [5, 5.41) is 25.5. The summed E-state index contributed by atoms with van der Waals surface area (Å²) in [6.07, 6.45) is -3.94. The monoisotopic (exact) mass is 733 g/mol. The van der Waals surface area contributed by atoms with E-state index >= 15 is 0 Å². The number of ether oxygens (including phenoxy) is 2. The fourth-order valence-corrected chi connectivity index (χ4v) is 7.40. The highest BCUT2D eigenvalue weighted by atomic mass is 19.4. The van der Waals surface area contributed by atoms with Gasteiger partial charge in [0.15, 0.2) is 0 Å². The van der Waals surface area contributed by atoms with Crippen LogP contribution in [0.5, 0.6) is 0 Å². The fraction of sp³-hybridized carbons (Fsp3) is 0.351. The molecule has 0 bridgehead atoms.